The van der Waals surface area contributed by atoms with Crippen LogP contribution in [0.1, 0.15) is 78.8 Å². The van der Waals surface area contributed by atoms with Crippen molar-refractivity contribution in [3.8, 4) is 11.4 Å². The number of hydrogen-bond donors (Lipinski definition) is 5. The lowest BCUT2D eigenvalue weighted by molar-refractivity contribution is 0.0488. The van der Waals surface area contributed by atoms with E-state index in [1.165, 1.54) is 0 Å². The number of ether oxygens (including phenoxy) is 2. The quantitative estimate of drug-likeness (QED) is 0.132. The molecule has 1 unspecified atom stereocenters. The number of H-pyrrole nitrogens is 1. The number of hydrogen-bond acceptors (Lipinski definition) is 11. The SMILES string of the molecule is CC(C)(C)OC(=O)NCC(Nc1nccc(-c2n[nH]c3nc(N[C@H]4CC[C@H](NC(=O)OC(C)(C)C)CC4)ncc23)n1)c1cccc(Cl)c1. The van der Waals surface area contributed by atoms with Gasteiger partial charge in [0.15, 0.2) is 5.65 Å². The summed E-state index contributed by atoms with van der Waals surface area (Å²) < 4.78 is 10.8. The van der Waals surface area contributed by atoms with Crippen LogP contribution in [0.2, 0.25) is 5.02 Å². The monoisotopic (exact) mass is 678 g/mol. The van der Waals surface area contributed by atoms with E-state index in [4.69, 9.17) is 26.1 Å². The summed E-state index contributed by atoms with van der Waals surface area (Å²) >= 11 is 6.28. The summed E-state index contributed by atoms with van der Waals surface area (Å²) in [6.07, 6.45) is 5.79. The summed E-state index contributed by atoms with van der Waals surface area (Å²) in [5, 5.41) is 21.3. The number of carbonyl (C=O) groups is 2. The van der Waals surface area contributed by atoms with Gasteiger partial charge in [0.05, 0.1) is 17.1 Å². The van der Waals surface area contributed by atoms with Crippen LogP contribution in [0, 0.1) is 0 Å². The van der Waals surface area contributed by atoms with Crippen LogP contribution in [0.25, 0.3) is 22.4 Å². The Balaban J connectivity index is 1.24. The molecule has 0 aliphatic heterocycles. The minimum absolute atomic E-state index is 0.0747. The van der Waals surface area contributed by atoms with Crippen molar-refractivity contribution in [2.75, 3.05) is 17.2 Å². The van der Waals surface area contributed by atoms with Crippen molar-refractivity contribution in [3.63, 3.8) is 0 Å². The van der Waals surface area contributed by atoms with E-state index in [2.05, 4.69) is 46.4 Å². The third-order valence-electron chi connectivity index (χ3n) is 7.40. The lowest BCUT2D eigenvalue weighted by atomic mass is 9.91. The van der Waals surface area contributed by atoms with Gasteiger partial charge in [0.2, 0.25) is 11.9 Å². The van der Waals surface area contributed by atoms with Gasteiger partial charge in [-0.05, 0) is 91.0 Å². The number of nitrogens with zero attached hydrogens (tertiary/aromatic N) is 5. The van der Waals surface area contributed by atoms with Crippen molar-refractivity contribution >= 4 is 46.7 Å². The molecule has 2 amide bonds. The summed E-state index contributed by atoms with van der Waals surface area (Å²) in [4.78, 5) is 42.9. The summed E-state index contributed by atoms with van der Waals surface area (Å²) in [6, 6.07) is 8.93. The van der Waals surface area contributed by atoms with Crippen LogP contribution in [-0.4, -0.2) is 72.2 Å². The molecule has 3 aromatic heterocycles. The van der Waals surface area contributed by atoms with E-state index >= 15 is 0 Å². The number of aromatic amines is 1. The van der Waals surface area contributed by atoms with Crippen molar-refractivity contribution in [2.24, 2.45) is 0 Å². The Morgan fingerprint density at radius 3 is 2.35 bits per heavy atom. The standard InChI is InChI=1S/C33H43ClN10O4/c1-32(2,3)47-30(45)37-18-25(19-8-7-9-20(34)16-19)41-28-35-15-14-24(40-28)26-23-17-36-29(42-27(23)44-43-26)38-21-10-12-22(13-11-21)39-31(46)48-33(4,5)6/h7-9,14-17,21-22,25H,10-13,18H2,1-6H3,(H,37,45)(H,39,46)(H,35,40,41)(H2,36,38,42,43,44)/t21-,22-,25?. The smallest absolute Gasteiger partial charge is 0.407 e. The predicted octanol–water partition coefficient (Wildman–Crippen LogP) is 6.39. The maximum Gasteiger partial charge on any atom is 0.407 e. The molecule has 1 aromatic carbocycles. The van der Waals surface area contributed by atoms with Gasteiger partial charge in [-0.2, -0.15) is 10.1 Å². The van der Waals surface area contributed by atoms with Gasteiger partial charge in [-0.3, -0.25) is 5.10 Å². The molecule has 0 bridgehead atoms. The molecule has 1 aliphatic carbocycles. The third-order valence-corrected chi connectivity index (χ3v) is 7.64. The molecule has 0 saturated heterocycles. The number of anilines is 2. The van der Waals surface area contributed by atoms with Gasteiger partial charge in [-0.1, -0.05) is 23.7 Å². The van der Waals surface area contributed by atoms with Crippen molar-refractivity contribution in [1.29, 1.82) is 0 Å². The fraction of sp³-hybridized carbons (Fsp3) is 0.485. The highest BCUT2D eigenvalue weighted by Crippen LogP contribution is 2.27. The number of amides is 2. The van der Waals surface area contributed by atoms with E-state index in [-0.39, 0.29) is 24.7 Å². The highest BCUT2D eigenvalue weighted by Gasteiger charge is 2.26. The highest BCUT2D eigenvalue weighted by molar-refractivity contribution is 6.30. The fourth-order valence-electron chi connectivity index (χ4n) is 5.30. The van der Waals surface area contributed by atoms with Gasteiger partial charge in [0.1, 0.15) is 16.9 Å². The number of carbonyl (C=O) groups excluding carboxylic acids is 2. The van der Waals surface area contributed by atoms with Gasteiger partial charge in [-0.25, -0.2) is 24.5 Å². The Morgan fingerprint density at radius 1 is 0.938 bits per heavy atom. The Hall–Kier alpha value is -4.72. The first-order valence-electron chi connectivity index (χ1n) is 16.0. The van der Waals surface area contributed by atoms with Gasteiger partial charge >= 0.3 is 12.2 Å². The minimum Gasteiger partial charge on any atom is -0.444 e. The maximum absolute atomic E-state index is 12.4. The van der Waals surface area contributed by atoms with Gasteiger partial charge in [-0.15, -0.1) is 0 Å². The lowest BCUT2D eigenvalue weighted by Crippen LogP contribution is -2.42. The van der Waals surface area contributed by atoms with Crippen LogP contribution in [-0.2, 0) is 9.47 Å². The number of fused-ring (bicyclic) bond motifs is 1. The topological polar surface area (TPSA) is 181 Å². The lowest BCUT2D eigenvalue weighted by Gasteiger charge is -2.30. The average Bonchev–Trinajstić information content (AvgIpc) is 3.42. The first-order chi connectivity index (χ1) is 22.7. The van der Waals surface area contributed by atoms with Crippen LogP contribution < -0.4 is 21.3 Å². The molecule has 256 valence electrons. The number of alkyl carbamates (subject to hydrolysis) is 2. The highest BCUT2D eigenvalue weighted by atomic mass is 35.5. The molecule has 5 N–H and O–H groups in total. The molecule has 5 rings (SSSR count). The van der Waals surface area contributed by atoms with Crippen molar-refractivity contribution in [3.05, 3.63) is 53.3 Å². The Kier molecular flexibility index (Phi) is 10.5. The van der Waals surface area contributed by atoms with Crippen LogP contribution in [0.15, 0.2) is 42.7 Å². The largest absolute Gasteiger partial charge is 0.444 e. The van der Waals surface area contributed by atoms with Crippen molar-refractivity contribution in [2.45, 2.75) is 96.6 Å². The van der Waals surface area contributed by atoms with E-state index < -0.39 is 23.3 Å². The molecule has 14 nitrogen and oxygen atoms in total. The summed E-state index contributed by atoms with van der Waals surface area (Å²) in [7, 11) is 0. The second-order valence-corrected chi connectivity index (χ2v) is 14.2. The molecule has 4 aromatic rings. The first kappa shape index (κ1) is 34.6. The molecule has 0 spiro atoms. The predicted molar refractivity (Wildman–Crippen MR) is 184 cm³/mol. The summed E-state index contributed by atoms with van der Waals surface area (Å²) in [6.45, 7) is 11.2. The Morgan fingerprint density at radius 2 is 1.65 bits per heavy atom. The van der Waals surface area contributed by atoms with Gasteiger partial charge in [0, 0.05) is 36.0 Å². The molecule has 0 radical (unpaired) electrons. The summed E-state index contributed by atoms with van der Waals surface area (Å²) in [5.74, 6) is 0.823. The molecule has 1 atom stereocenters. The molecular formula is C33H43ClN10O4. The van der Waals surface area contributed by atoms with Crippen LogP contribution in [0.4, 0.5) is 21.5 Å². The fourth-order valence-corrected chi connectivity index (χ4v) is 5.50. The number of rotatable bonds is 9. The number of benzene rings is 1. The van der Waals surface area contributed by atoms with Crippen LogP contribution in [0.3, 0.4) is 0 Å². The molecule has 1 fully saturated rings. The van der Waals surface area contributed by atoms with E-state index in [0.29, 0.717) is 39.3 Å². The number of halogens is 1. The van der Waals surface area contributed by atoms with Crippen LogP contribution in [0.5, 0.6) is 0 Å². The van der Waals surface area contributed by atoms with Gasteiger partial charge in [0.25, 0.3) is 0 Å². The van der Waals surface area contributed by atoms with Crippen molar-refractivity contribution in [1.82, 2.24) is 40.8 Å². The second kappa shape index (κ2) is 14.6. The van der Waals surface area contributed by atoms with Gasteiger partial charge < -0.3 is 30.7 Å². The number of nitrogens with one attached hydrogen (secondary N) is 5. The average molecular weight is 679 g/mol. The van der Waals surface area contributed by atoms with E-state index in [1.54, 1.807) is 45.3 Å². The molecular weight excluding hydrogens is 636 g/mol. The molecule has 1 aliphatic rings. The van der Waals surface area contributed by atoms with Crippen molar-refractivity contribution < 1.29 is 19.1 Å². The zero-order valence-electron chi connectivity index (χ0n) is 28.1. The van der Waals surface area contributed by atoms with E-state index in [0.717, 1.165) is 31.2 Å². The molecule has 48 heavy (non-hydrogen) atoms. The maximum atomic E-state index is 12.4. The normalized spacial score (nSPS) is 17.3. The summed E-state index contributed by atoms with van der Waals surface area (Å²) in [5.41, 5.74) is 1.37. The zero-order valence-corrected chi connectivity index (χ0v) is 28.8. The first-order valence-corrected chi connectivity index (χ1v) is 16.4. The zero-order chi connectivity index (χ0) is 34.5. The molecule has 3 heterocycles. The number of aromatic nitrogens is 6. The van der Waals surface area contributed by atoms with E-state index in [1.807, 2.05) is 39.0 Å². The Labute approximate surface area is 284 Å². The second-order valence-electron chi connectivity index (χ2n) is 13.8. The van der Waals surface area contributed by atoms with E-state index in [9.17, 15) is 9.59 Å². The third kappa shape index (κ3) is 9.89. The molecule has 15 heteroatoms. The molecule has 1 saturated carbocycles. The van der Waals surface area contributed by atoms with Crippen LogP contribution >= 0.6 is 11.6 Å². The Bertz CT molecular complexity index is 1730. The minimum atomic E-state index is -0.630.